The summed E-state index contributed by atoms with van der Waals surface area (Å²) in [6, 6.07) is 0. The van der Waals surface area contributed by atoms with Crippen molar-refractivity contribution >= 4 is 24.4 Å². The summed E-state index contributed by atoms with van der Waals surface area (Å²) < 4.78 is 42.2. The maximum atomic E-state index is 12.1. The molecule has 3 aliphatic carbocycles. The lowest BCUT2D eigenvalue weighted by Crippen LogP contribution is -2.53. The van der Waals surface area contributed by atoms with E-state index in [1.54, 1.807) is 0 Å². The average molecular weight is 557 g/mol. The molecule has 7 atom stereocenters. The molecule has 0 N–H and O–H groups in total. The molecule has 3 saturated carbocycles. The minimum Gasteiger partial charge on any atom is -0.463 e. The van der Waals surface area contributed by atoms with Gasteiger partial charge >= 0.3 is 5.97 Å². The van der Waals surface area contributed by atoms with Crippen molar-refractivity contribution in [3.05, 3.63) is 12.2 Å². The van der Waals surface area contributed by atoms with Gasteiger partial charge < -0.3 is 9.16 Å². The third-order valence-corrected chi connectivity index (χ3v) is 16.0. The van der Waals surface area contributed by atoms with Gasteiger partial charge in [-0.15, -0.1) is 0 Å². The number of allylic oxidation sites excluding steroid dienone is 1. The maximum absolute atomic E-state index is 12.1. The molecule has 8 heteroatoms. The quantitative estimate of drug-likeness (QED) is 0.143. The first-order valence-electron chi connectivity index (χ1n) is 14.1. The van der Waals surface area contributed by atoms with Crippen molar-refractivity contribution in [1.29, 1.82) is 0 Å². The van der Waals surface area contributed by atoms with E-state index in [1.165, 1.54) is 12.5 Å². The van der Waals surface area contributed by atoms with E-state index in [9.17, 15) is 13.2 Å². The van der Waals surface area contributed by atoms with Crippen LogP contribution in [0.15, 0.2) is 12.2 Å². The summed E-state index contributed by atoms with van der Waals surface area (Å²) in [7, 11) is -5.52. The van der Waals surface area contributed by atoms with Crippen LogP contribution in [-0.2, 0) is 28.3 Å². The fraction of sp³-hybridized carbons (Fsp3) is 0.897. The van der Waals surface area contributed by atoms with E-state index in [4.69, 9.17) is 13.3 Å². The van der Waals surface area contributed by atoms with Crippen LogP contribution in [0.4, 0.5) is 0 Å². The molecule has 3 rings (SSSR count). The highest BCUT2D eigenvalue weighted by Gasteiger charge is 2.57. The lowest BCUT2D eigenvalue weighted by molar-refractivity contribution is -0.155. The fourth-order valence-electron chi connectivity index (χ4n) is 7.44. The van der Waals surface area contributed by atoms with Gasteiger partial charge in [0.05, 0.1) is 12.9 Å². The van der Waals surface area contributed by atoms with Crippen LogP contribution < -0.4 is 0 Å². The smallest absolute Gasteiger partial charge is 0.302 e. The van der Waals surface area contributed by atoms with Crippen LogP contribution in [0.25, 0.3) is 0 Å². The monoisotopic (exact) mass is 556 g/mol. The molecule has 0 heterocycles. The highest BCUT2D eigenvalue weighted by Crippen LogP contribution is 2.63. The number of hydrogen-bond donors (Lipinski definition) is 0. The van der Waals surface area contributed by atoms with Gasteiger partial charge in [-0.3, -0.25) is 8.98 Å². The Kier molecular flexibility index (Phi) is 8.92. The number of fused-ring (bicyclic) bond motifs is 1. The summed E-state index contributed by atoms with van der Waals surface area (Å²) in [5.41, 5.74) is 1.29. The van der Waals surface area contributed by atoms with Gasteiger partial charge in [-0.25, -0.2) is 0 Å². The second-order valence-electron chi connectivity index (χ2n) is 14.2. The molecule has 3 unspecified atom stereocenters. The zero-order valence-corrected chi connectivity index (χ0v) is 26.6. The summed E-state index contributed by atoms with van der Waals surface area (Å²) in [4.78, 5) is 11.8. The molecule has 6 nitrogen and oxygen atoms in total. The van der Waals surface area contributed by atoms with Crippen LogP contribution in [0.5, 0.6) is 0 Å². The standard InChI is InChI=1S/C29H52O6SSi/c1-20-11-12-25-24(19-33-36(8,31)32)26(14-16-28(20,25)6)29(7)15-13-23(35-21(2)30)17-22(29)18-34-37(9,10)27(3,4)5/h22-26H,1,11-19H2,2-10H3/t22?,23?,24-,25-,26-,28+,29?/m0/s1. The Morgan fingerprint density at radius 1 is 1.08 bits per heavy atom. The first-order chi connectivity index (χ1) is 16.8. The largest absolute Gasteiger partial charge is 0.463 e. The summed E-state index contributed by atoms with van der Waals surface area (Å²) in [5.74, 6) is 0.808. The van der Waals surface area contributed by atoms with Crippen LogP contribution >= 0.6 is 0 Å². The predicted molar refractivity (Wildman–Crippen MR) is 151 cm³/mol. The molecule has 0 amide bonds. The lowest BCUT2D eigenvalue weighted by Gasteiger charge is -2.57. The van der Waals surface area contributed by atoms with Gasteiger partial charge in [-0.05, 0) is 97.6 Å². The van der Waals surface area contributed by atoms with Crippen molar-refractivity contribution in [1.82, 2.24) is 0 Å². The van der Waals surface area contributed by atoms with E-state index >= 15 is 0 Å². The molecule has 0 aliphatic heterocycles. The van der Waals surface area contributed by atoms with Crippen molar-refractivity contribution in [2.24, 2.45) is 34.5 Å². The van der Waals surface area contributed by atoms with Gasteiger partial charge in [0, 0.05) is 13.5 Å². The zero-order chi connectivity index (χ0) is 28.0. The van der Waals surface area contributed by atoms with Crippen molar-refractivity contribution < 1.29 is 26.6 Å². The van der Waals surface area contributed by atoms with Gasteiger partial charge in [0.15, 0.2) is 8.32 Å². The first kappa shape index (κ1) is 30.8. The molecule has 0 radical (unpaired) electrons. The molecule has 0 aromatic rings. The van der Waals surface area contributed by atoms with E-state index in [0.717, 1.165) is 51.2 Å². The molecule has 0 aromatic carbocycles. The van der Waals surface area contributed by atoms with E-state index in [1.807, 2.05) is 0 Å². The second-order valence-corrected chi connectivity index (χ2v) is 20.7. The fourth-order valence-corrected chi connectivity index (χ4v) is 8.90. The normalized spacial score (nSPS) is 37.3. The lowest BCUT2D eigenvalue weighted by atomic mass is 9.49. The average Bonchev–Trinajstić information content (AvgIpc) is 3.05. The first-order valence-corrected chi connectivity index (χ1v) is 18.9. The van der Waals surface area contributed by atoms with Gasteiger partial charge in [0.2, 0.25) is 0 Å². The van der Waals surface area contributed by atoms with E-state index < -0.39 is 18.4 Å². The van der Waals surface area contributed by atoms with Gasteiger partial charge in [-0.1, -0.05) is 46.8 Å². The summed E-state index contributed by atoms with van der Waals surface area (Å²) >= 11 is 0. The number of hydrogen-bond acceptors (Lipinski definition) is 6. The minimum absolute atomic E-state index is 0.0421. The van der Waals surface area contributed by atoms with E-state index in [0.29, 0.717) is 18.4 Å². The molecular formula is C29H52O6SSi. The molecule has 0 spiro atoms. The highest BCUT2D eigenvalue weighted by atomic mass is 32.2. The predicted octanol–water partition coefficient (Wildman–Crippen LogP) is 6.72. The van der Waals surface area contributed by atoms with Crippen molar-refractivity contribution in [3.8, 4) is 0 Å². The van der Waals surface area contributed by atoms with Crippen LogP contribution in [0.2, 0.25) is 18.1 Å². The Morgan fingerprint density at radius 2 is 1.73 bits per heavy atom. The second kappa shape index (κ2) is 10.7. The summed E-state index contributed by atoms with van der Waals surface area (Å²) in [6.45, 7) is 22.9. The third kappa shape index (κ3) is 6.55. The Balaban J connectivity index is 1.95. The Bertz CT molecular complexity index is 969. The number of rotatable bonds is 8. The van der Waals surface area contributed by atoms with Crippen LogP contribution in [0.3, 0.4) is 0 Å². The van der Waals surface area contributed by atoms with Crippen molar-refractivity contribution in [2.75, 3.05) is 19.5 Å². The minimum atomic E-state index is -3.54. The number of carbonyl (C=O) groups is 1. The van der Waals surface area contributed by atoms with Gasteiger partial charge in [0.25, 0.3) is 10.1 Å². The van der Waals surface area contributed by atoms with E-state index in [-0.39, 0.29) is 46.4 Å². The molecular weight excluding hydrogens is 504 g/mol. The summed E-state index contributed by atoms with van der Waals surface area (Å²) in [6.07, 6.45) is 7.76. The Hall–Kier alpha value is -0.703. The summed E-state index contributed by atoms with van der Waals surface area (Å²) in [5, 5.41) is 0.107. The molecule has 0 bridgehead atoms. The topological polar surface area (TPSA) is 78.9 Å². The van der Waals surface area contributed by atoms with Gasteiger partial charge in [0.1, 0.15) is 6.10 Å². The number of carbonyl (C=O) groups excluding carboxylic acids is 1. The number of esters is 1. The van der Waals surface area contributed by atoms with Crippen LogP contribution in [0.1, 0.15) is 86.5 Å². The molecule has 37 heavy (non-hydrogen) atoms. The van der Waals surface area contributed by atoms with E-state index in [2.05, 4.69) is 54.3 Å². The van der Waals surface area contributed by atoms with Crippen molar-refractivity contribution in [2.45, 2.75) is 111 Å². The third-order valence-electron chi connectivity index (χ3n) is 11.0. The SMILES string of the molecule is C=C1CC[C@H]2[C@H](COS(C)(=O)=O)[C@@H](C3(C)CCC(OC(C)=O)CC3CO[Si](C)(C)C(C)(C)C)CC[C@]12C. The van der Waals surface area contributed by atoms with Crippen LogP contribution in [-0.4, -0.2) is 48.3 Å². The zero-order valence-electron chi connectivity index (χ0n) is 24.8. The molecule has 3 aliphatic rings. The van der Waals surface area contributed by atoms with Crippen molar-refractivity contribution in [3.63, 3.8) is 0 Å². The van der Waals surface area contributed by atoms with Gasteiger partial charge in [-0.2, -0.15) is 8.42 Å². The highest BCUT2D eigenvalue weighted by molar-refractivity contribution is 7.85. The molecule has 0 aromatic heterocycles. The number of ether oxygens (including phenoxy) is 1. The Labute approximate surface area is 227 Å². The molecule has 3 fully saturated rings. The molecule has 214 valence electrons. The van der Waals surface area contributed by atoms with Crippen LogP contribution in [0, 0.1) is 34.5 Å². The maximum Gasteiger partial charge on any atom is 0.302 e. The Morgan fingerprint density at radius 3 is 2.30 bits per heavy atom. The molecule has 0 saturated heterocycles.